The van der Waals surface area contributed by atoms with Gasteiger partial charge < -0.3 is 71.8 Å². The van der Waals surface area contributed by atoms with Gasteiger partial charge >= 0.3 is 73.0 Å². The monoisotopic (exact) mass is 1250 g/mol. The van der Waals surface area contributed by atoms with Crippen molar-refractivity contribution in [1.29, 1.82) is 0 Å². The number of anilines is 4. The predicted molar refractivity (Wildman–Crippen MR) is 267 cm³/mol. The van der Waals surface area contributed by atoms with Crippen LogP contribution >= 0.6 is 0 Å². The summed E-state index contributed by atoms with van der Waals surface area (Å²) >= 11 is 0. The van der Waals surface area contributed by atoms with E-state index in [1.165, 1.54) is 0 Å². The van der Waals surface area contributed by atoms with Crippen molar-refractivity contribution in [2.24, 2.45) is 22.9 Å². The van der Waals surface area contributed by atoms with E-state index in [0.717, 1.165) is 0 Å². The Bertz CT molecular complexity index is 2720. The maximum Gasteiger partial charge on any atom is 0.490 e. The molecule has 86 heavy (non-hydrogen) atoms. The molecule has 4 aromatic rings. The number of hydrogen-bond donors (Lipinski definition) is 12. The van der Waals surface area contributed by atoms with Gasteiger partial charge in [0.15, 0.2) is 30.7 Å². The number of para-hydroxylation sites is 4. The van der Waals surface area contributed by atoms with E-state index in [9.17, 15) is 71.9 Å². The van der Waals surface area contributed by atoms with Crippen LogP contribution in [0.1, 0.15) is 6.42 Å². The first-order valence-corrected chi connectivity index (χ1v) is 23.4. The van der Waals surface area contributed by atoms with Crippen molar-refractivity contribution in [3.63, 3.8) is 0 Å². The zero-order valence-electron chi connectivity index (χ0n) is 43.1. The average molecular weight is 1250 g/mol. The van der Waals surface area contributed by atoms with E-state index in [1.54, 1.807) is 121 Å². The van der Waals surface area contributed by atoms with Crippen LogP contribution in [0, 0.1) is 0 Å². The number of alkyl halides is 12. The zero-order valence-corrected chi connectivity index (χ0v) is 43.1. The number of hydrogen-bond acceptors (Lipinski definition) is 18. The van der Waals surface area contributed by atoms with Gasteiger partial charge in [-0.15, -0.1) is 0 Å². The minimum absolute atomic E-state index is 0.0290. The molecule has 0 bridgehead atoms. The Labute approximate surface area is 474 Å². The number of carboxylic acids is 4. The molecule has 1 aliphatic carbocycles. The van der Waals surface area contributed by atoms with Crippen LogP contribution in [0.3, 0.4) is 0 Å². The smallest absolute Gasteiger partial charge is 0.475 e. The second kappa shape index (κ2) is 33.3. The van der Waals surface area contributed by atoms with Gasteiger partial charge in [0.05, 0.1) is 6.04 Å². The van der Waals surface area contributed by atoms with Gasteiger partial charge in [-0.2, -0.15) is 52.7 Å². The second-order valence-corrected chi connectivity index (χ2v) is 16.7. The third kappa shape index (κ3) is 26.1. The third-order valence-corrected chi connectivity index (χ3v) is 10.3. The summed E-state index contributed by atoms with van der Waals surface area (Å²) in [7, 11) is 0. The van der Waals surface area contributed by atoms with Crippen LogP contribution in [-0.2, 0) is 47.6 Å². The maximum atomic E-state index is 13.4. The Kier molecular flexibility index (Phi) is 28.2. The van der Waals surface area contributed by atoms with Crippen LogP contribution in [0.2, 0.25) is 0 Å². The van der Waals surface area contributed by atoms with Crippen molar-refractivity contribution < 1.29 is 140 Å². The quantitative estimate of drug-likeness (QED) is 0.0567. The maximum absolute atomic E-state index is 13.4. The molecule has 1 aliphatic heterocycles. The number of amides is 4. The molecule has 6 rings (SSSR count). The number of ether oxygens (including phenoxy) is 6. The number of carboxylic acid groups (broad SMARTS) is 4. The highest BCUT2D eigenvalue weighted by molar-refractivity contribution is 5.87. The van der Waals surface area contributed by atoms with Gasteiger partial charge in [0, 0.05) is 41.4 Å². The van der Waals surface area contributed by atoms with Crippen molar-refractivity contribution in [2.45, 2.75) is 92.2 Å². The molecule has 4 aromatic carbocycles. The first-order chi connectivity index (χ1) is 39.8. The minimum atomic E-state index is -5.08. The summed E-state index contributed by atoms with van der Waals surface area (Å²) in [6.07, 6.45) is -33.4. The van der Waals surface area contributed by atoms with E-state index in [-0.39, 0.29) is 13.0 Å². The highest BCUT2D eigenvalue weighted by Crippen LogP contribution is 2.33. The molecule has 474 valence electrons. The lowest BCUT2D eigenvalue weighted by atomic mass is 9.84. The second-order valence-electron chi connectivity index (χ2n) is 16.7. The van der Waals surface area contributed by atoms with Gasteiger partial charge in [-0.1, -0.05) is 72.8 Å². The zero-order chi connectivity index (χ0) is 65.3. The van der Waals surface area contributed by atoms with Gasteiger partial charge in [0.25, 0.3) is 0 Å². The lowest BCUT2D eigenvalue weighted by Gasteiger charge is -2.48. The van der Waals surface area contributed by atoms with Crippen LogP contribution in [0.25, 0.3) is 0 Å². The van der Waals surface area contributed by atoms with Gasteiger partial charge in [-0.25, -0.2) is 38.4 Å². The number of nitrogens with one attached hydrogen (secondary N) is 4. The molecule has 0 spiro atoms. The molecule has 1 saturated carbocycles. The largest absolute Gasteiger partial charge is 0.490 e. The number of carbonyl (C=O) groups is 8. The summed E-state index contributed by atoms with van der Waals surface area (Å²) in [6, 6.07) is 30.7. The Balaban J connectivity index is 0.000000741. The highest BCUT2D eigenvalue weighted by Gasteiger charge is 2.54. The molecule has 38 heteroatoms. The number of halogens is 12. The fourth-order valence-corrected chi connectivity index (χ4v) is 6.58. The molecule has 26 nitrogen and oxygen atoms in total. The molecule has 1 heterocycles. The minimum Gasteiger partial charge on any atom is -0.475 e. The van der Waals surface area contributed by atoms with Crippen LogP contribution in [0.15, 0.2) is 121 Å². The topological polar surface area (TPSA) is 425 Å². The Hall–Kier alpha value is -9.24. The predicted octanol–water partition coefficient (Wildman–Crippen LogP) is 6.44. The van der Waals surface area contributed by atoms with Gasteiger partial charge in [-0.3, -0.25) is 21.3 Å². The molecule has 16 N–H and O–H groups in total. The molecular weight excluding hydrogens is 1200 g/mol. The van der Waals surface area contributed by atoms with Crippen molar-refractivity contribution in [1.82, 2.24) is 0 Å². The fourth-order valence-electron chi connectivity index (χ4n) is 6.58. The van der Waals surface area contributed by atoms with Crippen LogP contribution < -0.4 is 44.2 Å². The van der Waals surface area contributed by atoms with Gasteiger partial charge in [-0.05, 0) is 55.0 Å². The molecule has 0 radical (unpaired) electrons. The summed E-state index contributed by atoms with van der Waals surface area (Å²) in [5.41, 5.74) is 27.7. The molecule has 0 aromatic heterocycles. The summed E-state index contributed by atoms with van der Waals surface area (Å²) in [5, 5.41) is 39.0. The molecule has 0 unspecified atom stereocenters. The summed E-state index contributed by atoms with van der Waals surface area (Å²) in [4.78, 5) is 88.7. The number of rotatable bonds is 11. The van der Waals surface area contributed by atoms with Crippen LogP contribution in [-0.4, -0.2) is 161 Å². The summed E-state index contributed by atoms with van der Waals surface area (Å²) in [5.74, 6) is -11.0. The lowest BCUT2D eigenvalue weighted by Crippen LogP contribution is -2.69. The van der Waals surface area contributed by atoms with Gasteiger partial charge in [0.2, 0.25) is 0 Å². The average Bonchev–Trinajstić information content (AvgIpc) is 0.954. The van der Waals surface area contributed by atoms with Crippen LogP contribution in [0.5, 0.6) is 0 Å². The lowest BCUT2D eigenvalue weighted by molar-refractivity contribution is -0.285. The molecule has 10 atom stereocenters. The van der Waals surface area contributed by atoms with E-state index in [4.69, 9.17) is 91.0 Å². The van der Waals surface area contributed by atoms with Crippen molar-refractivity contribution in [3.8, 4) is 0 Å². The number of benzene rings is 4. The van der Waals surface area contributed by atoms with E-state index < -0.39 is 134 Å². The first kappa shape index (κ1) is 72.9. The molecule has 1 saturated heterocycles. The molecule has 2 aliphatic rings. The van der Waals surface area contributed by atoms with E-state index in [0.29, 0.717) is 22.7 Å². The standard InChI is InChI=1S/C40H46N8O10.4C2HF3O2/c41-22-29-33(56-38(50)46-24-15-7-2-8-16-24)34(57-39(51)47-25-17-9-3-10-18-25)30(44)36(53-29)54-31-27(42)21-28(43)32(55-37(49)45-23-13-5-1-6-14-23)35(31)58-40(52)48-26-19-11-4-12-20-26;4*3-2(4,5)1(6)7/h1-20,27-36H,21-22,41-44H2,(H,45,49)(H,46,50)(H,47,51)(H,48,52);4*(H,6,7)/t27-,28+,29+,30+,31+,32-,33+,34+,35-,36+;;;;/m0..../s1. The molecule has 2 fully saturated rings. The van der Waals surface area contributed by atoms with E-state index in [2.05, 4.69) is 21.3 Å². The summed E-state index contributed by atoms with van der Waals surface area (Å²) < 4.78 is 163. The first-order valence-electron chi connectivity index (χ1n) is 23.4. The van der Waals surface area contributed by atoms with Gasteiger partial charge in [0.1, 0.15) is 12.2 Å². The Morgan fingerprint density at radius 1 is 0.419 bits per heavy atom. The Morgan fingerprint density at radius 3 is 0.930 bits per heavy atom. The highest BCUT2D eigenvalue weighted by atomic mass is 19.4. The summed E-state index contributed by atoms with van der Waals surface area (Å²) in [6.45, 7) is -0.261. The normalized spacial score (nSPS) is 21.6. The Morgan fingerprint density at radius 2 is 0.663 bits per heavy atom. The van der Waals surface area contributed by atoms with E-state index in [1.807, 2.05) is 0 Å². The van der Waals surface area contributed by atoms with Crippen LogP contribution in [0.4, 0.5) is 94.6 Å². The molecule has 4 amide bonds. The fraction of sp³-hybridized carbons (Fsp3) is 0.333. The SMILES string of the molecule is NC[C@H]1O[C@H](O[C@H]2[C@H](OC(=O)Nc3ccccc3)[C@@H](OC(=O)Nc3ccccc3)[C@H](N)C[C@@H]2N)[C@H](N)[C@@H](OC(=O)Nc2ccccc2)[C@@H]1OC(=O)Nc1ccccc1.O=C(O)C(F)(F)F.O=C(O)C(F)(F)F.O=C(O)C(F)(F)F.O=C(O)C(F)(F)F. The number of carbonyl (C=O) groups excluding carboxylic acids is 4. The van der Waals surface area contributed by atoms with Crippen molar-refractivity contribution in [3.05, 3.63) is 121 Å². The van der Waals surface area contributed by atoms with E-state index >= 15 is 0 Å². The number of aliphatic carboxylic acids is 4. The molecular formula is C48H50F12N8O18. The number of nitrogens with two attached hydrogens (primary N) is 4. The van der Waals surface area contributed by atoms with Crippen molar-refractivity contribution >= 4 is 71.0 Å². The third-order valence-electron chi connectivity index (χ3n) is 10.3. The van der Waals surface area contributed by atoms with Crippen molar-refractivity contribution in [2.75, 3.05) is 27.8 Å².